The number of carbonyl (C=O) groups excluding carboxylic acids is 2. The Bertz CT molecular complexity index is 796. The first-order valence-electron chi connectivity index (χ1n) is 6.86. The van der Waals surface area contributed by atoms with Crippen LogP contribution in [0.4, 0.5) is 0 Å². The summed E-state index contributed by atoms with van der Waals surface area (Å²) < 4.78 is 9.78. The fourth-order valence-corrected chi connectivity index (χ4v) is 3.11. The summed E-state index contributed by atoms with van der Waals surface area (Å²) in [7, 11) is 1.52. The van der Waals surface area contributed by atoms with Crippen molar-refractivity contribution in [3.8, 4) is 0 Å². The van der Waals surface area contributed by atoms with Crippen LogP contribution >= 0.6 is 11.3 Å². The average molecular weight is 339 g/mol. The predicted molar refractivity (Wildman–Crippen MR) is 84.9 cm³/mol. The van der Waals surface area contributed by atoms with E-state index in [9.17, 15) is 14.4 Å². The van der Waals surface area contributed by atoms with Gasteiger partial charge in [-0.25, -0.2) is 9.78 Å². The number of aryl methyl sites for hydroxylation is 2. The van der Waals surface area contributed by atoms with Crippen molar-refractivity contribution in [1.29, 1.82) is 0 Å². The molecule has 0 saturated heterocycles. The van der Waals surface area contributed by atoms with Gasteiger partial charge in [-0.1, -0.05) is 0 Å². The fraction of sp³-hybridized carbons (Fsp3) is 0.429. The summed E-state index contributed by atoms with van der Waals surface area (Å²) in [5.74, 6) is -0.591. The molecule has 2 rings (SSSR count). The number of nitrogens with zero attached hydrogens (tertiary/aromatic N) is 1. The third-order valence-electron chi connectivity index (χ3n) is 3.07. The average Bonchev–Trinajstić information content (AvgIpc) is 2.82. The molecule has 23 heavy (non-hydrogen) atoms. The van der Waals surface area contributed by atoms with Crippen molar-refractivity contribution in [2.75, 3.05) is 26.9 Å². The van der Waals surface area contributed by atoms with Crippen molar-refractivity contribution >= 4 is 33.4 Å². The Balaban J connectivity index is 2.10. The normalized spacial score (nSPS) is 10.7. The second-order valence-corrected chi connectivity index (χ2v) is 5.81. The van der Waals surface area contributed by atoms with E-state index < -0.39 is 11.9 Å². The lowest BCUT2D eigenvalue weighted by Gasteiger charge is -2.05. The minimum atomic E-state index is -0.649. The van der Waals surface area contributed by atoms with E-state index in [1.54, 1.807) is 13.8 Å². The SMILES string of the molecule is COCCNC(=O)COC(=O)c1sc2nc(C)[nH]c(=O)c2c1C. The summed E-state index contributed by atoms with van der Waals surface area (Å²) in [6, 6.07) is 0. The molecule has 0 aliphatic carbocycles. The minimum absolute atomic E-state index is 0.272. The Morgan fingerprint density at radius 2 is 2.09 bits per heavy atom. The lowest BCUT2D eigenvalue weighted by Crippen LogP contribution is -2.31. The number of thiophene rings is 1. The second-order valence-electron chi connectivity index (χ2n) is 4.81. The molecule has 0 aromatic carbocycles. The molecule has 0 aliphatic heterocycles. The summed E-state index contributed by atoms with van der Waals surface area (Å²) in [5.41, 5.74) is 0.209. The maximum absolute atomic E-state index is 12.1. The molecule has 1 amide bonds. The van der Waals surface area contributed by atoms with Gasteiger partial charge in [0.2, 0.25) is 0 Å². The summed E-state index contributed by atoms with van der Waals surface area (Å²) in [6.07, 6.45) is 0. The van der Waals surface area contributed by atoms with Crippen LogP contribution in [0, 0.1) is 13.8 Å². The van der Waals surface area contributed by atoms with E-state index in [2.05, 4.69) is 15.3 Å². The minimum Gasteiger partial charge on any atom is -0.451 e. The molecule has 0 unspecified atom stereocenters. The van der Waals surface area contributed by atoms with Crippen molar-refractivity contribution < 1.29 is 19.1 Å². The number of hydrogen-bond acceptors (Lipinski definition) is 7. The van der Waals surface area contributed by atoms with Crippen molar-refractivity contribution in [3.63, 3.8) is 0 Å². The van der Waals surface area contributed by atoms with Crippen molar-refractivity contribution in [1.82, 2.24) is 15.3 Å². The number of H-pyrrole nitrogens is 1. The number of aromatic nitrogens is 2. The second kappa shape index (κ2) is 7.34. The van der Waals surface area contributed by atoms with Gasteiger partial charge in [0, 0.05) is 13.7 Å². The Hall–Kier alpha value is -2.26. The van der Waals surface area contributed by atoms with Crippen LogP contribution in [0.2, 0.25) is 0 Å². The summed E-state index contributed by atoms with van der Waals surface area (Å²) in [5, 5.41) is 2.92. The number of nitrogens with one attached hydrogen (secondary N) is 2. The lowest BCUT2D eigenvalue weighted by molar-refractivity contribution is -0.124. The molecular formula is C14H17N3O5S. The van der Waals surface area contributed by atoms with Gasteiger partial charge in [0.1, 0.15) is 15.5 Å². The predicted octanol–water partition coefficient (Wildman–Crippen LogP) is 0.521. The van der Waals surface area contributed by atoms with Crippen LogP contribution in [0.3, 0.4) is 0 Å². The Morgan fingerprint density at radius 3 is 2.78 bits per heavy atom. The van der Waals surface area contributed by atoms with E-state index in [0.29, 0.717) is 34.8 Å². The number of carbonyl (C=O) groups is 2. The van der Waals surface area contributed by atoms with E-state index in [4.69, 9.17) is 9.47 Å². The van der Waals surface area contributed by atoms with E-state index in [0.717, 1.165) is 11.3 Å². The maximum atomic E-state index is 12.1. The number of ether oxygens (including phenoxy) is 2. The van der Waals surface area contributed by atoms with Gasteiger partial charge in [0.15, 0.2) is 6.61 Å². The first-order chi connectivity index (χ1) is 10.9. The van der Waals surface area contributed by atoms with Gasteiger partial charge in [-0.15, -0.1) is 11.3 Å². The van der Waals surface area contributed by atoms with Gasteiger partial charge in [0.05, 0.1) is 12.0 Å². The number of esters is 1. The van der Waals surface area contributed by atoms with Gasteiger partial charge in [0.25, 0.3) is 11.5 Å². The highest BCUT2D eigenvalue weighted by Gasteiger charge is 2.20. The smallest absolute Gasteiger partial charge is 0.349 e. The van der Waals surface area contributed by atoms with Crippen molar-refractivity contribution in [3.05, 3.63) is 26.6 Å². The summed E-state index contributed by atoms with van der Waals surface area (Å²) in [4.78, 5) is 43.1. The summed E-state index contributed by atoms with van der Waals surface area (Å²) >= 11 is 1.08. The van der Waals surface area contributed by atoms with E-state index in [-0.39, 0.29) is 17.0 Å². The molecule has 0 fully saturated rings. The molecule has 0 saturated carbocycles. The maximum Gasteiger partial charge on any atom is 0.349 e. The van der Waals surface area contributed by atoms with Crippen LogP contribution < -0.4 is 10.9 Å². The highest BCUT2D eigenvalue weighted by molar-refractivity contribution is 7.20. The Morgan fingerprint density at radius 1 is 1.35 bits per heavy atom. The van der Waals surface area contributed by atoms with Crippen molar-refractivity contribution in [2.24, 2.45) is 0 Å². The zero-order valence-electron chi connectivity index (χ0n) is 13.0. The quantitative estimate of drug-likeness (QED) is 0.586. The molecule has 2 heterocycles. The molecule has 8 nitrogen and oxygen atoms in total. The van der Waals surface area contributed by atoms with Gasteiger partial charge >= 0.3 is 5.97 Å². The van der Waals surface area contributed by atoms with Gasteiger partial charge in [-0.05, 0) is 19.4 Å². The van der Waals surface area contributed by atoms with Crippen molar-refractivity contribution in [2.45, 2.75) is 13.8 Å². The molecule has 124 valence electrons. The molecule has 0 atom stereocenters. The van der Waals surface area contributed by atoms with E-state index in [1.807, 2.05) is 0 Å². The highest BCUT2D eigenvalue weighted by Crippen LogP contribution is 2.27. The molecule has 0 radical (unpaired) electrons. The molecule has 2 N–H and O–H groups in total. The monoisotopic (exact) mass is 339 g/mol. The third kappa shape index (κ3) is 3.93. The van der Waals surface area contributed by atoms with Gasteiger partial charge in [-0.2, -0.15) is 0 Å². The largest absolute Gasteiger partial charge is 0.451 e. The Labute approximate surface area is 135 Å². The van der Waals surface area contributed by atoms with E-state index >= 15 is 0 Å². The number of fused-ring (bicyclic) bond motifs is 1. The van der Waals surface area contributed by atoms with Crippen LogP contribution in [0.25, 0.3) is 10.2 Å². The number of methoxy groups -OCH3 is 1. The molecule has 0 spiro atoms. The van der Waals surface area contributed by atoms with Crippen LogP contribution in [0.1, 0.15) is 21.1 Å². The molecule has 9 heteroatoms. The fourth-order valence-electron chi connectivity index (χ4n) is 1.99. The first-order valence-corrected chi connectivity index (χ1v) is 7.68. The molecule has 0 bridgehead atoms. The highest BCUT2D eigenvalue weighted by atomic mass is 32.1. The third-order valence-corrected chi connectivity index (χ3v) is 4.23. The topological polar surface area (TPSA) is 110 Å². The number of amides is 1. The molecule has 2 aromatic heterocycles. The van der Waals surface area contributed by atoms with Crippen LogP contribution in [-0.2, 0) is 14.3 Å². The number of aromatic amines is 1. The van der Waals surface area contributed by atoms with Gasteiger partial charge < -0.3 is 19.8 Å². The molecule has 2 aromatic rings. The Kier molecular flexibility index (Phi) is 5.45. The van der Waals surface area contributed by atoms with Crippen LogP contribution in [-0.4, -0.2) is 48.7 Å². The van der Waals surface area contributed by atoms with Gasteiger partial charge in [-0.3, -0.25) is 9.59 Å². The lowest BCUT2D eigenvalue weighted by atomic mass is 10.2. The summed E-state index contributed by atoms with van der Waals surface area (Å²) in [6.45, 7) is 3.65. The number of hydrogen-bond donors (Lipinski definition) is 2. The zero-order valence-corrected chi connectivity index (χ0v) is 13.8. The van der Waals surface area contributed by atoms with Crippen LogP contribution in [0.15, 0.2) is 4.79 Å². The van der Waals surface area contributed by atoms with Crippen LogP contribution in [0.5, 0.6) is 0 Å². The number of rotatable bonds is 6. The molecular weight excluding hydrogens is 322 g/mol. The zero-order chi connectivity index (χ0) is 17.0. The molecule has 0 aliphatic rings. The standard InChI is InChI=1S/C14H17N3O5S/c1-7-10-12(19)16-8(2)17-13(10)23-11(7)14(20)22-6-9(18)15-4-5-21-3/h4-6H2,1-3H3,(H,15,18)(H,16,17,19). The van der Waals surface area contributed by atoms with E-state index in [1.165, 1.54) is 7.11 Å². The first kappa shape index (κ1) is 17.1.